The zero-order valence-electron chi connectivity index (χ0n) is 13.2. The van der Waals surface area contributed by atoms with Gasteiger partial charge < -0.3 is 9.84 Å². The number of β-amino-alcohol motifs (C(OH)–C–C–N with tert-alkyl or cyclic N) is 1. The molecule has 126 valence electrons. The summed E-state index contributed by atoms with van der Waals surface area (Å²) in [5.41, 5.74) is 0. The molecule has 22 heavy (non-hydrogen) atoms. The summed E-state index contributed by atoms with van der Waals surface area (Å²) in [4.78, 5) is 0. The maximum absolute atomic E-state index is 12.5. The number of methoxy groups -OCH3 is 1. The van der Waals surface area contributed by atoms with Gasteiger partial charge in [-0.25, -0.2) is 13.1 Å². The summed E-state index contributed by atoms with van der Waals surface area (Å²) in [6, 6.07) is -0.400. The van der Waals surface area contributed by atoms with Crippen LogP contribution in [0.25, 0.3) is 0 Å². The van der Waals surface area contributed by atoms with Crippen LogP contribution in [0.15, 0.2) is 12.4 Å². The first kappa shape index (κ1) is 17.3. The van der Waals surface area contributed by atoms with Crippen molar-refractivity contribution in [3.05, 3.63) is 12.4 Å². The summed E-state index contributed by atoms with van der Waals surface area (Å²) in [5.74, 6) is 0.283. The van der Waals surface area contributed by atoms with Crippen molar-refractivity contribution in [2.45, 2.75) is 38.5 Å². The zero-order valence-corrected chi connectivity index (χ0v) is 14.0. The fourth-order valence-electron chi connectivity index (χ4n) is 2.71. The lowest BCUT2D eigenvalue weighted by Crippen LogP contribution is -2.37. The normalized spacial score (nSPS) is 25.0. The maximum Gasteiger partial charge on any atom is 0.216 e. The second-order valence-electron chi connectivity index (χ2n) is 6.10. The number of sulfonamides is 1. The minimum Gasteiger partial charge on any atom is -0.389 e. The van der Waals surface area contributed by atoms with E-state index in [1.807, 2.05) is 13.8 Å². The molecule has 1 aliphatic heterocycles. The van der Waals surface area contributed by atoms with Crippen LogP contribution in [-0.4, -0.2) is 71.0 Å². The highest BCUT2D eigenvalue weighted by Gasteiger charge is 2.40. The Bertz CT molecular complexity index is 561. The lowest BCUT2D eigenvalue weighted by molar-refractivity contribution is 0.101. The summed E-state index contributed by atoms with van der Waals surface area (Å²) >= 11 is 0. The predicted octanol–water partition coefficient (Wildman–Crippen LogP) is -0.113. The van der Waals surface area contributed by atoms with E-state index in [2.05, 4.69) is 10.3 Å². The Morgan fingerprint density at radius 1 is 1.41 bits per heavy atom. The molecular formula is C13H24N4O4S. The molecule has 8 nitrogen and oxygen atoms in total. The van der Waals surface area contributed by atoms with E-state index in [4.69, 9.17) is 4.74 Å². The van der Waals surface area contributed by atoms with Crippen LogP contribution in [0, 0.1) is 5.92 Å². The smallest absolute Gasteiger partial charge is 0.216 e. The molecule has 1 N–H and O–H groups in total. The number of aliphatic hydroxyl groups is 1. The standard InChI is InChI=1S/C13H24N4O4S/c1-10(2)6-11(21-3)9-22(19,20)16-7-12(13(18)8-16)17-5-4-14-15-17/h4-5,10-13,18H,6-9H2,1-3H3/t11?,12-,13-/m1/s1. The number of aliphatic hydroxyl groups excluding tert-OH is 1. The fraction of sp³-hybridized carbons (Fsp3) is 0.846. The summed E-state index contributed by atoms with van der Waals surface area (Å²) in [6.45, 7) is 4.33. The van der Waals surface area contributed by atoms with Crippen molar-refractivity contribution in [3.63, 3.8) is 0 Å². The number of hydrogen-bond donors (Lipinski definition) is 1. The Morgan fingerprint density at radius 3 is 2.68 bits per heavy atom. The largest absolute Gasteiger partial charge is 0.389 e. The van der Waals surface area contributed by atoms with Crippen molar-refractivity contribution in [1.29, 1.82) is 0 Å². The molecule has 1 unspecified atom stereocenters. The van der Waals surface area contributed by atoms with Gasteiger partial charge in [-0.05, 0) is 12.3 Å². The van der Waals surface area contributed by atoms with Gasteiger partial charge in [0.05, 0.1) is 30.2 Å². The lowest BCUT2D eigenvalue weighted by Gasteiger charge is -2.22. The summed E-state index contributed by atoms with van der Waals surface area (Å²) in [5, 5.41) is 17.6. The van der Waals surface area contributed by atoms with Crippen LogP contribution in [0.4, 0.5) is 0 Å². The van der Waals surface area contributed by atoms with E-state index in [-0.39, 0.29) is 24.9 Å². The second-order valence-corrected chi connectivity index (χ2v) is 8.11. The summed E-state index contributed by atoms with van der Waals surface area (Å²) in [7, 11) is -1.96. The van der Waals surface area contributed by atoms with Crippen LogP contribution in [0.5, 0.6) is 0 Å². The van der Waals surface area contributed by atoms with E-state index in [0.29, 0.717) is 12.3 Å². The van der Waals surface area contributed by atoms with E-state index < -0.39 is 22.2 Å². The van der Waals surface area contributed by atoms with E-state index in [0.717, 1.165) is 0 Å². The Kier molecular flexibility index (Phi) is 5.54. The van der Waals surface area contributed by atoms with Gasteiger partial charge in [0, 0.05) is 26.4 Å². The predicted molar refractivity (Wildman–Crippen MR) is 80.7 cm³/mol. The quantitative estimate of drug-likeness (QED) is 0.748. The van der Waals surface area contributed by atoms with Crippen LogP contribution < -0.4 is 0 Å². The number of aromatic nitrogens is 3. The van der Waals surface area contributed by atoms with Crippen molar-refractivity contribution in [3.8, 4) is 0 Å². The van der Waals surface area contributed by atoms with E-state index in [1.165, 1.54) is 22.3 Å². The average molecular weight is 332 g/mol. The molecule has 3 atom stereocenters. The van der Waals surface area contributed by atoms with Gasteiger partial charge in [0.15, 0.2) is 0 Å². The summed E-state index contributed by atoms with van der Waals surface area (Å²) < 4.78 is 33.2. The van der Waals surface area contributed by atoms with Gasteiger partial charge in [-0.3, -0.25) is 0 Å². The Balaban J connectivity index is 2.04. The Morgan fingerprint density at radius 2 is 2.14 bits per heavy atom. The molecule has 2 heterocycles. The number of rotatable bonds is 7. The zero-order chi connectivity index (χ0) is 16.3. The molecule has 0 radical (unpaired) electrons. The monoisotopic (exact) mass is 332 g/mol. The molecule has 1 aromatic rings. The summed E-state index contributed by atoms with van der Waals surface area (Å²) in [6.07, 6.45) is 2.68. The molecule has 1 fully saturated rings. The van der Waals surface area contributed by atoms with Gasteiger partial charge in [0.1, 0.15) is 0 Å². The highest BCUT2D eigenvalue weighted by Crippen LogP contribution is 2.25. The number of nitrogens with zero attached hydrogens (tertiary/aromatic N) is 4. The molecule has 0 saturated carbocycles. The van der Waals surface area contributed by atoms with Crippen molar-refractivity contribution in [1.82, 2.24) is 19.3 Å². The first-order valence-electron chi connectivity index (χ1n) is 7.38. The first-order valence-corrected chi connectivity index (χ1v) is 8.99. The highest BCUT2D eigenvalue weighted by molar-refractivity contribution is 7.89. The third kappa shape index (κ3) is 4.03. The van der Waals surface area contributed by atoms with Crippen molar-refractivity contribution >= 4 is 10.0 Å². The average Bonchev–Trinajstić information content (AvgIpc) is 3.05. The van der Waals surface area contributed by atoms with E-state index >= 15 is 0 Å². The molecule has 1 aromatic heterocycles. The van der Waals surface area contributed by atoms with Gasteiger partial charge >= 0.3 is 0 Å². The van der Waals surface area contributed by atoms with Crippen LogP contribution >= 0.6 is 0 Å². The Labute approximate surface area is 131 Å². The molecule has 1 saturated heterocycles. The third-order valence-electron chi connectivity index (χ3n) is 3.86. The van der Waals surface area contributed by atoms with Crippen molar-refractivity contribution in [2.75, 3.05) is 26.0 Å². The van der Waals surface area contributed by atoms with E-state index in [9.17, 15) is 13.5 Å². The van der Waals surface area contributed by atoms with E-state index in [1.54, 1.807) is 6.20 Å². The highest BCUT2D eigenvalue weighted by atomic mass is 32.2. The molecule has 0 spiro atoms. The second kappa shape index (κ2) is 7.03. The minimum absolute atomic E-state index is 0.0710. The molecule has 9 heteroatoms. The molecule has 0 aromatic carbocycles. The maximum atomic E-state index is 12.5. The van der Waals surface area contributed by atoms with Gasteiger partial charge in [-0.15, -0.1) is 5.10 Å². The van der Waals surface area contributed by atoms with Crippen LogP contribution in [0.3, 0.4) is 0 Å². The molecule has 0 aliphatic carbocycles. The Hall–Kier alpha value is -1.03. The van der Waals surface area contributed by atoms with Crippen LogP contribution in [-0.2, 0) is 14.8 Å². The molecule has 0 bridgehead atoms. The minimum atomic E-state index is -3.49. The van der Waals surface area contributed by atoms with Crippen molar-refractivity contribution < 1.29 is 18.3 Å². The molecular weight excluding hydrogens is 308 g/mol. The first-order chi connectivity index (χ1) is 10.3. The van der Waals surface area contributed by atoms with Gasteiger partial charge in [0.2, 0.25) is 10.0 Å². The lowest BCUT2D eigenvalue weighted by atomic mass is 10.1. The fourth-order valence-corrected chi connectivity index (χ4v) is 4.43. The SMILES string of the molecule is COC(CC(C)C)CS(=O)(=O)N1C[C@@H](O)[C@H](n2ccnn2)C1. The molecule has 1 aliphatic rings. The van der Waals surface area contributed by atoms with Gasteiger partial charge in [-0.1, -0.05) is 19.1 Å². The van der Waals surface area contributed by atoms with Gasteiger partial charge in [-0.2, -0.15) is 4.31 Å². The topological polar surface area (TPSA) is 97.6 Å². The van der Waals surface area contributed by atoms with Crippen molar-refractivity contribution in [2.24, 2.45) is 5.92 Å². The van der Waals surface area contributed by atoms with Crippen LogP contribution in [0.2, 0.25) is 0 Å². The van der Waals surface area contributed by atoms with Gasteiger partial charge in [0.25, 0.3) is 0 Å². The molecule has 0 amide bonds. The third-order valence-corrected chi connectivity index (χ3v) is 5.74. The van der Waals surface area contributed by atoms with Crippen LogP contribution in [0.1, 0.15) is 26.3 Å². The molecule has 2 rings (SSSR count). The number of hydrogen-bond acceptors (Lipinski definition) is 6. The number of ether oxygens (including phenoxy) is 1.